The van der Waals surface area contributed by atoms with Crippen LogP contribution in [0.5, 0.6) is 23.0 Å². The van der Waals surface area contributed by atoms with Crippen LogP contribution >= 0.6 is 0 Å². The topological polar surface area (TPSA) is 65.0 Å². The second kappa shape index (κ2) is 8.94. The van der Waals surface area contributed by atoms with Crippen LogP contribution in [0.3, 0.4) is 0 Å². The molecule has 0 spiro atoms. The molecule has 1 N–H and O–H groups in total. The van der Waals surface area contributed by atoms with Crippen LogP contribution < -0.4 is 14.2 Å². The molecule has 0 unspecified atom stereocenters. The highest BCUT2D eigenvalue weighted by Gasteiger charge is 2.19. The van der Waals surface area contributed by atoms with Crippen molar-refractivity contribution in [1.82, 2.24) is 0 Å². The summed E-state index contributed by atoms with van der Waals surface area (Å²) in [6.07, 6.45) is 3.78. The maximum absolute atomic E-state index is 11.3. The molecule has 0 amide bonds. The first-order valence-corrected chi connectivity index (χ1v) is 8.42. The fourth-order valence-electron chi connectivity index (χ4n) is 2.99. The number of phenols is 1. The van der Waals surface area contributed by atoms with Gasteiger partial charge in [-0.1, -0.05) is 12.7 Å². The van der Waals surface area contributed by atoms with Gasteiger partial charge in [0, 0.05) is 12.1 Å². The molecule has 0 atom stereocenters. The minimum absolute atomic E-state index is 0.0402. The molecule has 0 saturated carbocycles. The minimum Gasteiger partial charge on any atom is -0.507 e. The molecule has 0 radical (unpaired) electrons. The van der Waals surface area contributed by atoms with Gasteiger partial charge in [0.2, 0.25) is 0 Å². The summed E-state index contributed by atoms with van der Waals surface area (Å²) in [5, 5.41) is 10.5. The molecule has 2 rings (SSSR count). The number of aryl methyl sites for hydroxylation is 2. The molecule has 0 aliphatic rings. The molecule has 2 aromatic rings. The lowest BCUT2D eigenvalue weighted by molar-refractivity contribution is -0.104. The standard InChI is InChI=1S/C22H24O5/c1-6-9-27-22-14(2)10-16(11-15(22)3)18(7-8-23)21-19(24)12-17(25-4)13-20(21)26-5/h6-8,10-13,24H,1,9H2,2-5H3/b18-7+. The average molecular weight is 368 g/mol. The number of allylic oxidation sites excluding steroid dienone is 1. The number of benzene rings is 2. The van der Waals surface area contributed by atoms with Crippen LogP contribution in [-0.2, 0) is 4.79 Å². The van der Waals surface area contributed by atoms with E-state index in [1.165, 1.54) is 26.4 Å². The van der Waals surface area contributed by atoms with Gasteiger partial charge in [-0.2, -0.15) is 0 Å². The van der Waals surface area contributed by atoms with Gasteiger partial charge < -0.3 is 19.3 Å². The zero-order chi connectivity index (χ0) is 20.0. The lowest BCUT2D eigenvalue weighted by Gasteiger charge is -2.18. The van der Waals surface area contributed by atoms with Crippen molar-refractivity contribution < 1.29 is 24.1 Å². The fourth-order valence-corrected chi connectivity index (χ4v) is 2.99. The maximum atomic E-state index is 11.3. The maximum Gasteiger partial charge on any atom is 0.143 e. The van der Waals surface area contributed by atoms with Gasteiger partial charge in [0.05, 0.1) is 19.8 Å². The van der Waals surface area contributed by atoms with E-state index < -0.39 is 0 Å². The average Bonchev–Trinajstić information content (AvgIpc) is 2.65. The summed E-state index contributed by atoms with van der Waals surface area (Å²) in [4.78, 5) is 11.3. The number of methoxy groups -OCH3 is 2. The van der Waals surface area contributed by atoms with E-state index >= 15 is 0 Å². The summed E-state index contributed by atoms with van der Waals surface area (Å²) in [5.41, 5.74) is 3.56. The van der Waals surface area contributed by atoms with Gasteiger partial charge in [0.15, 0.2) is 0 Å². The molecular weight excluding hydrogens is 344 g/mol. The van der Waals surface area contributed by atoms with Crippen molar-refractivity contribution in [1.29, 1.82) is 0 Å². The lowest BCUT2D eigenvalue weighted by atomic mass is 9.93. The van der Waals surface area contributed by atoms with Crippen molar-refractivity contribution in [3.05, 3.63) is 65.3 Å². The molecule has 0 aliphatic heterocycles. The van der Waals surface area contributed by atoms with E-state index in [4.69, 9.17) is 14.2 Å². The first kappa shape index (κ1) is 20.1. The fraction of sp³-hybridized carbons (Fsp3) is 0.227. The number of hydrogen-bond acceptors (Lipinski definition) is 5. The Balaban J connectivity index is 2.65. The number of rotatable bonds is 8. The third-order valence-corrected chi connectivity index (χ3v) is 4.13. The Kier molecular flexibility index (Phi) is 6.66. The third kappa shape index (κ3) is 4.31. The predicted octanol–water partition coefficient (Wildman–Crippen LogP) is 4.22. The van der Waals surface area contributed by atoms with Crippen LogP contribution in [0.25, 0.3) is 5.57 Å². The van der Waals surface area contributed by atoms with Gasteiger partial charge in [0.1, 0.15) is 35.9 Å². The van der Waals surface area contributed by atoms with Gasteiger partial charge in [-0.05, 0) is 54.3 Å². The summed E-state index contributed by atoms with van der Waals surface area (Å²) in [6.45, 7) is 7.93. The van der Waals surface area contributed by atoms with Crippen LogP contribution in [0.1, 0.15) is 22.3 Å². The Morgan fingerprint density at radius 3 is 2.30 bits per heavy atom. The Morgan fingerprint density at radius 1 is 1.11 bits per heavy atom. The van der Waals surface area contributed by atoms with Crippen molar-refractivity contribution in [2.24, 2.45) is 0 Å². The van der Waals surface area contributed by atoms with E-state index in [0.29, 0.717) is 35.5 Å². The van der Waals surface area contributed by atoms with E-state index in [-0.39, 0.29) is 5.75 Å². The van der Waals surface area contributed by atoms with E-state index in [2.05, 4.69) is 6.58 Å². The smallest absolute Gasteiger partial charge is 0.143 e. The van der Waals surface area contributed by atoms with Crippen LogP contribution in [0.2, 0.25) is 0 Å². The Labute approximate surface area is 159 Å². The highest BCUT2D eigenvalue weighted by Crippen LogP contribution is 2.41. The number of carbonyl (C=O) groups excluding carboxylic acids is 1. The molecule has 27 heavy (non-hydrogen) atoms. The second-order valence-electron chi connectivity index (χ2n) is 5.98. The Morgan fingerprint density at radius 2 is 1.78 bits per heavy atom. The van der Waals surface area contributed by atoms with E-state index in [1.54, 1.807) is 12.1 Å². The Bertz CT molecular complexity index is 858. The first-order chi connectivity index (χ1) is 13.0. The third-order valence-electron chi connectivity index (χ3n) is 4.13. The van der Waals surface area contributed by atoms with E-state index in [1.807, 2.05) is 26.0 Å². The number of hydrogen-bond donors (Lipinski definition) is 1. The van der Waals surface area contributed by atoms with E-state index in [9.17, 15) is 9.90 Å². The monoisotopic (exact) mass is 368 g/mol. The predicted molar refractivity (Wildman–Crippen MR) is 106 cm³/mol. The highest BCUT2D eigenvalue weighted by molar-refractivity contribution is 5.94. The number of ether oxygens (including phenoxy) is 3. The molecule has 0 bridgehead atoms. The van der Waals surface area contributed by atoms with Crippen molar-refractivity contribution >= 4 is 11.9 Å². The summed E-state index contributed by atoms with van der Waals surface area (Å²) in [6, 6.07) is 6.96. The molecule has 0 fully saturated rings. The summed E-state index contributed by atoms with van der Waals surface area (Å²) in [5.74, 6) is 1.60. The van der Waals surface area contributed by atoms with Gasteiger partial charge in [-0.25, -0.2) is 0 Å². The van der Waals surface area contributed by atoms with E-state index in [0.717, 1.165) is 22.4 Å². The highest BCUT2D eigenvalue weighted by atomic mass is 16.5. The molecule has 142 valence electrons. The summed E-state index contributed by atoms with van der Waals surface area (Å²) in [7, 11) is 3.00. The molecule has 5 nitrogen and oxygen atoms in total. The van der Waals surface area contributed by atoms with Crippen molar-refractivity contribution in [2.45, 2.75) is 13.8 Å². The van der Waals surface area contributed by atoms with Gasteiger partial charge in [0.25, 0.3) is 0 Å². The molecule has 0 saturated heterocycles. The number of phenolic OH excluding ortho intramolecular Hbond substituents is 1. The zero-order valence-corrected chi connectivity index (χ0v) is 16.0. The molecule has 0 aromatic heterocycles. The lowest BCUT2D eigenvalue weighted by Crippen LogP contribution is -2.01. The largest absolute Gasteiger partial charge is 0.507 e. The molecule has 0 heterocycles. The van der Waals surface area contributed by atoms with Crippen LogP contribution in [-0.4, -0.2) is 32.2 Å². The normalized spacial score (nSPS) is 11.0. The number of aromatic hydroxyl groups is 1. The van der Waals surface area contributed by atoms with Crippen molar-refractivity contribution in [2.75, 3.05) is 20.8 Å². The van der Waals surface area contributed by atoms with Crippen LogP contribution in [0.4, 0.5) is 0 Å². The van der Waals surface area contributed by atoms with Crippen molar-refractivity contribution in [3.63, 3.8) is 0 Å². The van der Waals surface area contributed by atoms with Gasteiger partial charge in [-0.15, -0.1) is 0 Å². The van der Waals surface area contributed by atoms with Crippen LogP contribution in [0, 0.1) is 13.8 Å². The number of carbonyl (C=O) groups is 1. The molecule has 2 aromatic carbocycles. The van der Waals surface area contributed by atoms with Gasteiger partial charge in [-0.3, -0.25) is 4.79 Å². The van der Waals surface area contributed by atoms with Crippen LogP contribution in [0.15, 0.2) is 43.0 Å². The quantitative estimate of drug-likeness (QED) is 0.429. The summed E-state index contributed by atoms with van der Waals surface area (Å²) >= 11 is 0. The summed E-state index contributed by atoms with van der Waals surface area (Å²) < 4.78 is 16.3. The molecule has 0 aliphatic carbocycles. The van der Waals surface area contributed by atoms with Crippen molar-refractivity contribution in [3.8, 4) is 23.0 Å². The minimum atomic E-state index is -0.0402. The number of aldehydes is 1. The molecular formula is C22H24O5. The zero-order valence-electron chi connectivity index (χ0n) is 16.0. The Hall–Kier alpha value is -3.21. The SMILES string of the molecule is C=CCOc1c(C)cc(/C(=C\C=O)c2c(O)cc(OC)cc2OC)cc1C. The first-order valence-electron chi connectivity index (χ1n) is 8.42. The second-order valence-corrected chi connectivity index (χ2v) is 5.98. The van der Waals surface area contributed by atoms with Gasteiger partial charge >= 0.3 is 0 Å². The molecule has 5 heteroatoms.